The van der Waals surface area contributed by atoms with Crippen molar-refractivity contribution in [3.63, 3.8) is 0 Å². The molecule has 1 aromatic carbocycles. The van der Waals surface area contributed by atoms with Crippen molar-refractivity contribution in [1.29, 1.82) is 0 Å². The molecule has 4 nitrogen and oxygen atoms in total. The molecule has 0 N–H and O–H groups in total. The van der Waals surface area contributed by atoms with Crippen LogP contribution < -0.4 is 9.47 Å². The van der Waals surface area contributed by atoms with Gasteiger partial charge in [0, 0.05) is 6.07 Å². The third-order valence-electron chi connectivity index (χ3n) is 1.98. The highest BCUT2D eigenvalue weighted by Crippen LogP contribution is 2.34. The molecule has 17 heavy (non-hydrogen) atoms. The summed E-state index contributed by atoms with van der Waals surface area (Å²) in [5.41, 5.74) is 0. The molecule has 0 saturated heterocycles. The lowest BCUT2D eigenvalue weighted by atomic mass is 10.3. The number of halogens is 2. The third kappa shape index (κ3) is 2.78. The molecular weight excluding hydrogens is 263 g/mol. The Bertz CT molecular complexity index is 535. The van der Waals surface area contributed by atoms with Crippen molar-refractivity contribution in [2.24, 2.45) is 0 Å². The van der Waals surface area contributed by atoms with E-state index in [0.717, 1.165) is 0 Å². The zero-order valence-corrected chi connectivity index (χ0v) is 10.4. The first-order valence-corrected chi connectivity index (χ1v) is 5.46. The van der Waals surface area contributed by atoms with Crippen LogP contribution in [0, 0.1) is 0 Å². The molecule has 6 heteroatoms. The van der Waals surface area contributed by atoms with E-state index in [9.17, 15) is 0 Å². The van der Waals surface area contributed by atoms with E-state index in [1.165, 1.54) is 6.07 Å². The van der Waals surface area contributed by atoms with Crippen LogP contribution in [0.5, 0.6) is 17.2 Å². The van der Waals surface area contributed by atoms with E-state index in [1.807, 2.05) is 12.1 Å². The number of hydrogen-bond donors (Lipinski definition) is 0. The molecule has 0 radical (unpaired) electrons. The number of methoxy groups -OCH3 is 1. The highest BCUT2D eigenvalue weighted by molar-refractivity contribution is 6.32. The van der Waals surface area contributed by atoms with E-state index in [0.29, 0.717) is 17.2 Å². The Hall–Kier alpha value is -1.52. The predicted octanol–water partition coefficient (Wildman–Crippen LogP) is 3.58. The van der Waals surface area contributed by atoms with Crippen LogP contribution in [0.3, 0.4) is 0 Å². The fourth-order valence-corrected chi connectivity index (χ4v) is 1.50. The summed E-state index contributed by atoms with van der Waals surface area (Å²) in [6.07, 6.45) is 0. The van der Waals surface area contributed by atoms with Gasteiger partial charge in [0.05, 0.1) is 7.11 Å². The first-order valence-electron chi connectivity index (χ1n) is 4.70. The molecule has 0 aliphatic heterocycles. The lowest BCUT2D eigenvalue weighted by Crippen LogP contribution is -1.93. The van der Waals surface area contributed by atoms with Gasteiger partial charge in [-0.25, -0.2) is 0 Å². The van der Waals surface area contributed by atoms with Gasteiger partial charge in [-0.1, -0.05) is 35.3 Å². The van der Waals surface area contributed by atoms with Gasteiger partial charge in [-0.05, 0) is 12.1 Å². The molecular formula is C11H8Cl2N2O2. The summed E-state index contributed by atoms with van der Waals surface area (Å²) in [5.74, 6) is 1.45. The molecule has 0 spiro atoms. The van der Waals surface area contributed by atoms with E-state index < -0.39 is 0 Å². The summed E-state index contributed by atoms with van der Waals surface area (Å²) in [7, 11) is 1.56. The van der Waals surface area contributed by atoms with Gasteiger partial charge >= 0.3 is 0 Å². The maximum Gasteiger partial charge on any atom is 0.194 e. The molecule has 0 aliphatic rings. The monoisotopic (exact) mass is 270 g/mol. The van der Waals surface area contributed by atoms with Crippen molar-refractivity contribution >= 4 is 23.2 Å². The highest BCUT2D eigenvalue weighted by Gasteiger charge is 2.09. The van der Waals surface area contributed by atoms with Gasteiger partial charge in [-0.2, -0.15) is 0 Å². The van der Waals surface area contributed by atoms with E-state index in [4.69, 9.17) is 32.7 Å². The number of ether oxygens (including phenoxy) is 2. The number of para-hydroxylation sites is 2. The van der Waals surface area contributed by atoms with Gasteiger partial charge in [0.1, 0.15) is 0 Å². The Morgan fingerprint density at radius 2 is 1.71 bits per heavy atom. The maximum absolute atomic E-state index is 5.84. The zero-order valence-electron chi connectivity index (χ0n) is 8.85. The van der Waals surface area contributed by atoms with Gasteiger partial charge in [-0.15, -0.1) is 10.2 Å². The first kappa shape index (κ1) is 12.0. The van der Waals surface area contributed by atoms with Crippen LogP contribution in [0.1, 0.15) is 0 Å². The van der Waals surface area contributed by atoms with Gasteiger partial charge in [0.25, 0.3) is 0 Å². The summed E-state index contributed by atoms with van der Waals surface area (Å²) < 4.78 is 10.7. The maximum atomic E-state index is 5.84. The van der Waals surface area contributed by atoms with E-state index in [-0.39, 0.29) is 10.3 Å². The number of nitrogens with zero attached hydrogens (tertiary/aromatic N) is 2. The van der Waals surface area contributed by atoms with Crippen molar-refractivity contribution in [3.05, 3.63) is 40.6 Å². The Balaban J connectivity index is 2.34. The molecule has 2 aromatic rings. The molecule has 88 valence electrons. The van der Waals surface area contributed by atoms with Gasteiger partial charge in [-0.3, -0.25) is 0 Å². The zero-order chi connectivity index (χ0) is 12.3. The van der Waals surface area contributed by atoms with E-state index in [2.05, 4.69) is 10.2 Å². The topological polar surface area (TPSA) is 44.2 Å². The smallest absolute Gasteiger partial charge is 0.194 e. The van der Waals surface area contributed by atoms with Crippen molar-refractivity contribution in [2.75, 3.05) is 7.11 Å². The molecule has 2 rings (SSSR count). The Labute approximate surface area is 108 Å². The summed E-state index contributed by atoms with van der Waals surface area (Å²) in [4.78, 5) is 0. The average molecular weight is 271 g/mol. The largest absolute Gasteiger partial charge is 0.493 e. The molecule has 0 aliphatic carbocycles. The van der Waals surface area contributed by atoms with Crippen LogP contribution in [-0.2, 0) is 0 Å². The van der Waals surface area contributed by atoms with Crippen molar-refractivity contribution in [1.82, 2.24) is 10.2 Å². The van der Waals surface area contributed by atoms with Crippen LogP contribution in [0.2, 0.25) is 10.3 Å². The SMILES string of the molecule is COc1ccccc1Oc1cc(Cl)nnc1Cl. The minimum Gasteiger partial charge on any atom is -0.493 e. The van der Waals surface area contributed by atoms with Crippen molar-refractivity contribution in [3.8, 4) is 17.2 Å². The summed E-state index contributed by atoms with van der Waals surface area (Å²) in [6.45, 7) is 0. The molecule has 0 atom stereocenters. The second-order valence-electron chi connectivity index (χ2n) is 3.08. The Kier molecular flexibility index (Phi) is 3.66. The molecule has 0 unspecified atom stereocenters. The summed E-state index contributed by atoms with van der Waals surface area (Å²) in [6, 6.07) is 8.68. The van der Waals surface area contributed by atoms with Gasteiger partial charge < -0.3 is 9.47 Å². The number of aromatic nitrogens is 2. The lowest BCUT2D eigenvalue weighted by molar-refractivity contribution is 0.378. The molecule has 0 amide bonds. The Morgan fingerprint density at radius 1 is 1.00 bits per heavy atom. The summed E-state index contributed by atoms with van der Waals surface area (Å²) in [5, 5.41) is 7.59. The molecule has 0 saturated carbocycles. The van der Waals surface area contributed by atoms with Crippen molar-refractivity contribution < 1.29 is 9.47 Å². The standard InChI is InChI=1S/C11H8Cl2N2O2/c1-16-7-4-2-3-5-8(7)17-9-6-10(12)14-15-11(9)13/h2-6H,1H3. The number of benzene rings is 1. The fraction of sp³-hybridized carbons (Fsp3) is 0.0909. The first-order chi connectivity index (χ1) is 8.20. The minimum absolute atomic E-state index is 0.139. The normalized spacial score (nSPS) is 10.1. The molecule has 0 bridgehead atoms. The van der Waals surface area contributed by atoms with Gasteiger partial charge in [0.15, 0.2) is 27.6 Å². The second kappa shape index (κ2) is 5.21. The fourth-order valence-electron chi connectivity index (χ4n) is 1.23. The van der Waals surface area contributed by atoms with Crippen molar-refractivity contribution in [2.45, 2.75) is 0 Å². The van der Waals surface area contributed by atoms with Crippen LogP contribution in [0.4, 0.5) is 0 Å². The van der Waals surface area contributed by atoms with Crippen LogP contribution in [0.15, 0.2) is 30.3 Å². The second-order valence-corrected chi connectivity index (χ2v) is 3.82. The van der Waals surface area contributed by atoms with Crippen LogP contribution in [0.25, 0.3) is 0 Å². The van der Waals surface area contributed by atoms with Gasteiger partial charge in [0.2, 0.25) is 0 Å². The summed E-state index contributed by atoms with van der Waals surface area (Å²) >= 11 is 11.6. The third-order valence-corrected chi connectivity index (χ3v) is 2.42. The quantitative estimate of drug-likeness (QED) is 0.855. The van der Waals surface area contributed by atoms with E-state index >= 15 is 0 Å². The minimum atomic E-state index is 0.139. The molecule has 0 fully saturated rings. The van der Waals surface area contributed by atoms with Crippen LogP contribution in [-0.4, -0.2) is 17.3 Å². The van der Waals surface area contributed by atoms with E-state index in [1.54, 1.807) is 19.2 Å². The number of hydrogen-bond acceptors (Lipinski definition) is 4. The molecule has 1 heterocycles. The predicted molar refractivity (Wildman–Crippen MR) is 65.1 cm³/mol. The van der Waals surface area contributed by atoms with Crippen LogP contribution >= 0.6 is 23.2 Å². The average Bonchev–Trinajstić information content (AvgIpc) is 2.34. The Morgan fingerprint density at radius 3 is 2.41 bits per heavy atom. The highest BCUT2D eigenvalue weighted by atomic mass is 35.5. The lowest BCUT2D eigenvalue weighted by Gasteiger charge is -2.10. The number of rotatable bonds is 3. The molecule has 1 aromatic heterocycles.